The molecule has 1 fully saturated rings. The second kappa shape index (κ2) is 7.51. The fourth-order valence-electron chi connectivity index (χ4n) is 3.44. The highest BCUT2D eigenvalue weighted by Gasteiger charge is 2.34. The van der Waals surface area contributed by atoms with Crippen molar-refractivity contribution in [2.75, 3.05) is 19.6 Å². The molecule has 2 aliphatic rings. The first-order valence-electron chi connectivity index (χ1n) is 8.53. The van der Waals surface area contributed by atoms with E-state index in [4.69, 9.17) is 0 Å². The van der Waals surface area contributed by atoms with Crippen LogP contribution in [-0.4, -0.2) is 52.1 Å². The van der Waals surface area contributed by atoms with Crippen LogP contribution in [0.2, 0.25) is 0 Å². The van der Waals surface area contributed by atoms with Gasteiger partial charge in [0.05, 0.1) is 12.2 Å². The molecule has 2 aromatic rings. The summed E-state index contributed by atoms with van der Waals surface area (Å²) in [5.41, 5.74) is 0.794. The van der Waals surface area contributed by atoms with E-state index in [9.17, 15) is 8.42 Å². The first-order chi connectivity index (χ1) is 12.0. The summed E-state index contributed by atoms with van der Waals surface area (Å²) in [6.07, 6.45) is 1.54. The molecule has 1 saturated heterocycles. The second-order valence-corrected chi connectivity index (χ2v) is 9.92. The van der Waals surface area contributed by atoms with Crippen LogP contribution < -0.4 is 5.32 Å². The van der Waals surface area contributed by atoms with Crippen LogP contribution in [0.25, 0.3) is 0 Å². The highest BCUT2D eigenvalue weighted by Crippen LogP contribution is 2.32. The van der Waals surface area contributed by atoms with Gasteiger partial charge in [0.15, 0.2) is 0 Å². The molecular formula is C15H23ClN6O2S2. The minimum atomic E-state index is -3.49. The van der Waals surface area contributed by atoms with Crippen molar-refractivity contribution in [3.63, 3.8) is 0 Å². The average molecular weight is 419 g/mol. The van der Waals surface area contributed by atoms with Gasteiger partial charge in [-0.05, 0) is 26.7 Å². The van der Waals surface area contributed by atoms with Gasteiger partial charge in [0.2, 0.25) is 4.34 Å². The highest BCUT2D eigenvalue weighted by molar-refractivity contribution is 7.91. The van der Waals surface area contributed by atoms with E-state index in [1.54, 1.807) is 4.31 Å². The summed E-state index contributed by atoms with van der Waals surface area (Å²) < 4.78 is 29.6. The standard InChI is InChI=1S/C15H22N6O2S2.ClH/c1-10-11(2)24-15(17-10)25(22,23)20-6-3-12(4-7-20)14-19-18-13-9-16-5-8-21(13)14;/h12,16H,3-9H2,1-2H3;1H. The van der Waals surface area contributed by atoms with E-state index in [0.717, 1.165) is 54.7 Å². The van der Waals surface area contributed by atoms with Crippen molar-refractivity contribution in [1.82, 2.24) is 29.4 Å². The average Bonchev–Trinajstić information content (AvgIpc) is 3.19. The molecule has 0 bridgehead atoms. The van der Waals surface area contributed by atoms with Crippen molar-refractivity contribution in [2.24, 2.45) is 0 Å². The molecule has 0 saturated carbocycles. The summed E-state index contributed by atoms with van der Waals surface area (Å²) >= 11 is 1.26. The van der Waals surface area contributed by atoms with Crippen molar-refractivity contribution in [3.05, 3.63) is 22.2 Å². The molecule has 0 amide bonds. The van der Waals surface area contributed by atoms with E-state index in [-0.39, 0.29) is 22.7 Å². The molecule has 0 atom stereocenters. The zero-order valence-electron chi connectivity index (χ0n) is 14.8. The minimum absolute atomic E-state index is 0. The van der Waals surface area contributed by atoms with Crippen LogP contribution in [-0.2, 0) is 23.1 Å². The fourth-order valence-corrected chi connectivity index (χ4v) is 6.35. The van der Waals surface area contributed by atoms with Crippen molar-refractivity contribution >= 4 is 33.8 Å². The van der Waals surface area contributed by atoms with E-state index in [1.807, 2.05) is 13.8 Å². The van der Waals surface area contributed by atoms with Gasteiger partial charge in [-0.3, -0.25) is 0 Å². The number of piperidine rings is 1. The van der Waals surface area contributed by atoms with Crippen molar-refractivity contribution in [3.8, 4) is 0 Å². The topological polar surface area (TPSA) is 93.0 Å². The third kappa shape index (κ3) is 3.40. The van der Waals surface area contributed by atoms with Gasteiger partial charge >= 0.3 is 0 Å². The normalized spacial score (nSPS) is 19.2. The third-order valence-corrected chi connectivity index (χ3v) is 8.37. The van der Waals surface area contributed by atoms with E-state index in [0.29, 0.717) is 13.1 Å². The molecule has 4 heterocycles. The SMILES string of the molecule is Cc1nc(S(=O)(=O)N2CCC(c3nnc4n3CCNC4)CC2)sc1C.Cl. The number of nitrogens with zero attached hydrogens (tertiary/aromatic N) is 5. The van der Waals surface area contributed by atoms with Crippen LogP contribution in [0.5, 0.6) is 0 Å². The molecule has 2 aromatic heterocycles. The predicted octanol–water partition coefficient (Wildman–Crippen LogP) is 1.44. The molecule has 0 aliphatic carbocycles. The Morgan fingerprint density at radius 2 is 1.88 bits per heavy atom. The number of halogens is 1. The van der Waals surface area contributed by atoms with Crippen molar-refractivity contribution < 1.29 is 8.42 Å². The van der Waals surface area contributed by atoms with Gasteiger partial charge < -0.3 is 9.88 Å². The van der Waals surface area contributed by atoms with Gasteiger partial charge in [0, 0.05) is 37.0 Å². The van der Waals surface area contributed by atoms with Crippen LogP contribution in [0.3, 0.4) is 0 Å². The lowest BCUT2D eigenvalue weighted by Crippen LogP contribution is -2.38. The number of nitrogens with one attached hydrogen (secondary N) is 1. The molecule has 1 N–H and O–H groups in total. The summed E-state index contributed by atoms with van der Waals surface area (Å²) in [6.45, 7) is 7.32. The van der Waals surface area contributed by atoms with Crippen molar-refractivity contribution in [1.29, 1.82) is 0 Å². The summed E-state index contributed by atoms with van der Waals surface area (Å²) in [4.78, 5) is 5.19. The van der Waals surface area contributed by atoms with Gasteiger partial charge in [-0.1, -0.05) is 0 Å². The maximum atomic E-state index is 12.8. The molecule has 26 heavy (non-hydrogen) atoms. The lowest BCUT2D eigenvalue weighted by Gasteiger charge is -2.30. The van der Waals surface area contributed by atoms with E-state index in [1.165, 1.54) is 11.3 Å². The Labute approximate surface area is 163 Å². The van der Waals surface area contributed by atoms with Gasteiger partial charge in [-0.2, -0.15) is 4.31 Å². The maximum Gasteiger partial charge on any atom is 0.270 e. The number of fused-ring (bicyclic) bond motifs is 1. The molecule has 8 nitrogen and oxygen atoms in total. The predicted molar refractivity (Wildman–Crippen MR) is 101 cm³/mol. The Morgan fingerprint density at radius 3 is 2.54 bits per heavy atom. The van der Waals surface area contributed by atoms with Crippen LogP contribution in [0.4, 0.5) is 0 Å². The number of aromatic nitrogens is 4. The fraction of sp³-hybridized carbons (Fsp3) is 0.667. The number of aryl methyl sites for hydroxylation is 2. The Kier molecular flexibility index (Phi) is 5.69. The molecular weight excluding hydrogens is 396 g/mol. The van der Waals surface area contributed by atoms with E-state index >= 15 is 0 Å². The molecule has 11 heteroatoms. The summed E-state index contributed by atoms with van der Waals surface area (Å²) in [7, 11) is -3.49. The number of thiazole rings is 1. The first kappa shape index (κ1) is 19.7. The highest BCUT2D eigenvalue weighted by atomic mass is 35.5. The maximum absolute atomic E-state index is 12.8. The number of hydrogen-bond donors (Lipinski definition) is 1. The van der Waals surface area contributed by atoms with Crippen LogP contribution in [0, 0.1) is 13.8 Å². The Hall–Kier alpha value is -1.07. The molecule has 0 spiro atoms. The Morgan fingerprint density at radius 1 is 1.15 bits per heavy atom. The Balaban J connectivity index is 0.00000196. The molecule has 0 unspecified atom stereocenters. The molecule has 2 aliphatic heterocycles. The summed E-state index contributed by atoms with van der Waals surface area (Å²) in [5, 5.41) is 11.9. The lowest BCUT2D eigenvalue weighted by atomic mass is 9.97. The Bertz CT molecular complexity index is 867. The monoisotopic (exact) mass is 418 g/mol. The molecule has 0 radical (unpaired) electrons. The second-order valence-electron chi connectivity index (χ2n) is 6.60. The zero-order chi connectivity index (χ0) is 17.6. The van der Waals surface area contributed by atoms with Gasteiger partial charge in [0.1, 0.15) is 11.6 Å². The molecule has 4 rings (SSSR count). The van der Waals surface area contributed by atoms with E-state index in [2.05, 4.69) is 25.1 Å². The minimum Gasteiger partial charge on any atom is -0.312 e. The third-order valence-electron chi connectivity index (χ3n) is 5.04. The van der Waals surface area contributed by atoms with Crippen LogP contribution in [0.15, 0.2) is 4.34 Å². The lowest BCUT2D eigenvalue weighted by molar-refractivity contribution is 0.307. The van der Waals surface area contributed by atoms with Gasteiger partial charge in [0.25, 0.3) is 10.0 Å². The summed E-state index contributed by atoms with van der Waals surface area (Å²) in [6, 6.07) is 0. The van der Waals surface area contributed by atoms with Gasteiger partial charge in [-0.15, -0.1) is 33.9 Å². The van der Waals surface area contributed by atoms with Crippen molar-refractivity contribution in [2.45, 2.75) is 50.0 Å². The number of hydrogen-bond acceptors (Lipinski definition) is 7. The number of sulfonamides is 1. The summed E-state index contributed by atoms with van der Waals surface area (Å²) in [5.74, 6) is 2.25. The zero-order valence-corrected chi connectivity index (χ0v) is 17.3. The van der Waals surface area contributed by atoms with E-state index < -0.39 is 10.0 Å². The largest absolute Gasteiger partial charge is 0.312 e. The van der Waals surface area contributed by atoms with Gasteiger partial charge in [-0.25, -0.2) is 13.4 Å². The smallest absolute Gasteiger partial charge is 0.270 e. The number of rotatable bonds is 3. The van der Waals surface area contributed by atoms with Crippen LogP contribution in [0.1, 0.15) is 41.0 Å². The van der Waals surface area contributed by atoms with Crippen LogP contribution >= 0.6 is 23.7 Å². The first-order valence-corrected chi connectivity index (χ1v) is 10.8. The quantitative estimate of drug-likeness (QED) is 0.810. The molecule has 144 valence electrons. The molecule has 0 aromatic carbocycles.